The second kappa shape index (κ2) is 11.2. The number of halogens is 2. The number of nitrogens with zero attached hydrogens (tertiary/aromatic N) is 6. The minimum atomic E-state index is -0.449. The molecule has 0 bridgehead atoms. The van der Waals surface area contributed by atoms with Crippen LogP contribution in [-0.2, 0) is 12.3 Å². The number of nitrogens with one attached hydrogen (secondary N) is 1. The van der Waals surface area contributed by atoms with Gasteiger partial charge in [-0.3, -0.25) is 0 Å². The van der Waals surface area contributed by atoms with Crippen LogP contribution in [0.2, 0.25) is 5.02 Å². The third kappa shape index (κ3) is 5.77. The fourth-order valence-corrected chi connectivity index (χ4v) is 4.53. The van der Waals surface area contributed by atoms with E-state index in [1.807, 2.05) is 60.8 Å². The van der Waals surface area contributed by atoms with Crippen molar-refractivity contribution in [1.29, 1.82) is 5.26 Å². The lowest BCUT2D eigenvalue weighted by Gasteiger charge is -2.13. The van der Waals surface area contributed by atoms with Crippen LogP contribution in [0, 0.1) is 17.1 Å². The van der Waals surface area contributed by atoms with Crippen LogP contribution in [0.4, 0.5) is 15.9 Å². The lowest BCUT2D eigenvalue weighted by molar-refractivity contribution is 0.631. The molecule has 0 spiro atoms. The van der Waals surface area contributed by atoms with E-state index in [4.69, 9.17) is 11.6 Å². The van der Waals surface area contributed by atoms with Gasteiger partial charge < -0.3 is 5.32 Å². The van der Waals surface area contributed by atoms with E-state index in [1.54, 1.807) is 22.9 Å². The van der Waals surface area contributed by atoms with Gasteiger partial charge in [0.1, 0.15) is 17.4 Å². The average Bonchev–Trinajstić information content (AvgIpc) is 3.37. The number of para-hydroxylation sites is 1. The number of hydrogen-bond donors (Lipinski definition) is 1. The van der Waals surface area contributed by atoms with Gasteiger partial charge in [0.25, 0.3) is 0 Å². The number of aromatic nitrogens is 5. The Balaban J connectivity index is 1.43. The van der Waals surface area contributed by atoms with Gasteiger partial charge in [0.2, 0.25) is 0 Å². The molecule has 5 rings (SSSR count). The van der Waals surface area contributed by atoms with Crippen LogP contribution in [0.5, 0.6) is 0 Å². The van der Waals surface area contributed by atoms with Crippen molar-refractivity contribution in [3.63, 3.8) is 0 Å². The topological polar surface area (TPSA) is 92.3 Å². The van der Waals surface area contributed by atoms with Gasteiger partial charge in [0.05, 0.1) is 23.6 Å². The second-order valence-corrected chi connectivity index (χ2v) is 9.30. The normalized spacial score (nSPS) is 10.7. The molecule has 182 valence electrons. The van der Waals surface area contributed by atoms with Crippen LogP contribution in [0.25, 0.3) is 11.3 Å². The Morgan fingerprint density at radius 1 is 0.973 bits per heavy atom. The fraction of sp³-hybridized carbons (Fsp3) is 0.0741. The summed E-state index contributed by atoms with van der Waals surface area (Å²) in [6.07, 6.45) is 1.84. The van der Waals surface area contributed by atoms with Crippen molar-refractivity contribution in [2.24, 2.45) is 0 Å². The first-order valence-corrected chi connectivity index (χ1v) is 12.6. The molecule has 0 aliphatic rings. The van der Waals surface area contributed by atoms with Gasteiger partial charge in [-0.05, 0) is 23.8 Å². The summed E-state index contributed by atoms with van der Waals surface area (Å²) in [5, 5.41) is 22.4. The number of thioether (sulfide) groups is 1. The Morgan fingerprint density at radius 3 is 2.51 bits per heavy atom. The summed E-state index contributed by atoms with van der Waals surface area (Å²) >= 11 is 7.61. The van der Waals surface area contributed by atoms with Crippen molar-refractivity contribution in [2.75, 3.05) is 5.32 Å². The van der Waals surface area contributed by atoms with Gasteiger partial charge in [-0.25, -0.2) is 19.0 Å². The minimum absolute atomic E-state index is 0.218. The zero-order valence-corrected chi connectivity index (χ0v) is 20.9. The van der Waals surface area contributed by atoms with Crippen molar-refractivity contribution >= 4 is 34.9 Å². The summed E-state index contributed by atoms with van der Waals surface area (Å²) in [5.41, 5.74) is 3.34. The SMILES string of the molecule is N#Cc1c(Nc2ccccc2F)nc(SCc2cn(Cc3ccccc3Cl)nn2)nc1-c1ccccc1. The molecule has 1 N–H and O–H groups in total. The van der Waals surface area contributed by atoms with Crippen LogP contribution in [-0.4, -0.2) is 25.0 Å². The van der Waals surface area contributed by atoms with E-state index < -0.39 is 5.82 Å². The Kier molecular flexibility index (Phi) is 7.40. The van der Waals surface area contributed by atoms with Crippen LogP contribution in [0.15, 0.2) is 90.2 Å². The van der Waals surface area contributed by atoms with Gasteiger partial charge >= 0.3 is 0 Å². The first-order valence-electron chi connectivity index (χ1n) is 11.2. The molecule has 3 aromatic carbocycles. The number of rotatable bonds is 8. The predicted molar refractivity (Wildman–Crippen MR) is 142 cm³/mol. The average molecular weight is 528 g/mol. The standard InChI is InChI=1S/C27H19ClFN7S/c28-22-11-5-4-10-19(22)15-36-16-20(34-35-36)17-37-27-32-25(18-8-2-1-3-9-18)21(14-30)26(33-27)31-24-13-7-6-12-23(24)29/h1-13,16H,15,17H2,(H,31,32,33). The molecule has 0 radical (unpaired) electrons. The highest BCUT2D eigenvalue weighted by atomic mass is 35.5. The van der Waals surface area contributed by atoms with Crippen LogP contribution < -0.4 is 5.32 Å². The molecule has 0 amide bonds. The molecule has 0 atom stereocenters. The van der Waals surface area contributed by atoms with E-state index in [-0.39, 0.29) is 17.1 Å². The molecule has 0 fully saturated rings. The maximum absolute atomic E-state index is 14.4. The molecule has 5 aromatic rings. The lowest BCUT2D eigenvalue weighted by atomic mass is 10.1. The predicted octanol–water partition coefficient (Wildman–Crippen LogP) is 6.48. The molecular formula is C27H19ClFN7S. The third-order valence-electron chi connectivity index (χ3n) is 5.40. The second-order valence-electron chi connectivity index (χ2n) is 7.95. The first kappa shape index (κ1) is 24.4. The molecule has 2 heterocycles. The van der Waals surface area contributed by atoms with E-state index in [2.05, 4.69) is 31.7 Å². The molecule has 0 aliphatic heterocycles. The molecule has 0 saturated carbocycles. The van der Waals surface area contributed by atoms with E-state index in [0.717, 1.165) is 16.8 Å². The summed E-state index contributed by atoms with van der Waals surface area (Å²) in [6, 6.07) is 25.4. The first-order chi connectivity index (χ1) is 18.1. The lowest BCUT2D eigenvalue weighted by Crippen LogP contribution is -2.04. The number of hydrogen-bond acceptors (Lipinski definition) is 7. The van der Waals surface area contributed by atoms with Crippen LogP contribution in [0.1, 0.15) is 16.8 Å². The molecule has 7 nitrogen and oxygen atoms in total. The quantitative estimate of drug-likeness (QED) is 0.182. The van der Waals surface area contributed by atoms with Crippen LogP contribution in [0.3, 0.4) is 0 Å². The molecule has 0 saturated heterocycles. The fourth-order valence-electron chi connectivity index (χ4n) is 3.62. The molecular weight excluding hydrogens is 509 g/mol. The van der Waals surface area contributed by atoms with Crippen molar-refractivity contribution in [1.82, 2.24) is 25.0 Å². The number of nitriles is 1. The highest BCUT2D eigenvalue weighted by molar-refractivity contribution is 7.98. The molecule has 0 aliphatic carbocycles. The largest absolute Gasteiger partial charge is 0.337 e. The maximum Gasteiger partial charge on any atom is 0.190 e. The highest BCUT2D eigenvalue weighted by Gasteiger charge is 2.18. The Bertz CT molecular complexity index is 1580. The molecule has 0 unspecified atom stereocenters. The zero-order valence-electron chi connectivity index (χ0n) is 19.3. The van der Waals surface area contributed by atoms with E-state index >= 15 is 0 Å². The van der Waals surface area contributed by atoms with Crippen molar-refractivity contribution in [2.45, 2.75) is 17.5 Å². The van der Waals surface area contributed by atoms with Crippen LogP contribution >= 0.6 is 23.4 Å². The summed E-state index contributed by atoms with van der Waals surface area (Å²) < 4.78 is 16.1. The molecule has 37 heavy (non-hydrogen) atoms. The zero-order chi connectivity index (χ0) is 25.6. The highest BCUT2D eigenvalue weighted by Crippen LogP contribution is 2.32. The van der Waals surface area contributed by atoms with Gasteiger partial charge in [-0.1, -0.05) is 89.2 Å². The third-order valence-corrected chi connectivity index (χ3v) is 6.65. The maximum atomic E-state index is 14.4. The van der Waals surface area contributed by atoms with Crippen molar-refractivity contribution in [3.8, 4) is 17.3 Å². The van der Waals surface area contributed by atoms with Crippen molar-refractivity contribution in [3.05, 3.63) is 113 Å². The summed E-state index contributed by atoms with van der Waals surface area (Å²) in [7, 11) is 0. The summed E-state index contributed by atoms with van der Waals surface area (Å²) in [4.78, 5) is 9.21. The van der Waals surface area contributed by atoms with Gasteiger partial charge in [-0.2, -0.15) is 5.26 Å². The molecule has 10 heteroatoms. The van der Waals surface area contributed by atoms with Crippen molar-refractivity contribution < 1.29 is 4.39 Å². The Hall–Kier alpha value is -4.26. The summed E-state index contributed by atoms with van der Waals surface area (Å²) in [6.45, 7) is 0.500. The van der Waals surface area contributed by atoms with E-state index in [1.165, 1.54) is 17.8 Å². The minimum Gasteiger partial charge on any atom is -0.337 e. The van der Waals surface area contributed by atoms with E-state index in [9.17, 15) is 9.65 Å². The van der Waals surface area contributed by atoms with Gasteiger partial charge in [-0.15, -0.1) is 5.10 Å². The smallest absolute Gasteiger partial charge is 0.190 e. The Morgan fingerprint density at radius 2 is 1.73 bits per heavy atom. The van der Waals surface area contributed by atoms with Gasteiger partial charge in [0, 0.05) is 22.5 Å². The monoisotopic (exact) mass is 527 g/mol. The number of anilines is 2. The number of benzene rings is 3. The summed E-state index contributed by atoms with van der Waals surface area (Å²) in [5.74, 6) is 0.226. The van der Waals surface area contributed by atoms with Gasteiger partial charge in [0.15, 0.2) is 11.0 Å². The Labute approximate surface area is 222 Å². The molecule has 2 aromatic heterocycles. The van der Waals surface area contributed by atoms with E-state index in [0.29, 0.717) is 28.2 Å².